The average molecular weight is 250 g/mol. The second-order valence-corrected chi connectivity index (χ2v) is 5.56. The Hall–Kier alpha value is -0.860. The van der Waals surface area contributed by atoms with Gasteiger partial charge in [-0.2, -0.15) is 0 Å². The molecule has 0 bridgehead atoms. The highest BCUT2D eigenvalue weighted by molar-refractivity contribution is 5.30. The standard InChI is InChI=1S/C16H26O2/c1-4-6-14(3)10-16(11-17,12-18)15-8-5-7-13(2)9-15/h5,7-9,14,17-18H,4,6,10-12H2,1-3H3. The summed E-state index contributed by atoms with van der Waals surface area (Å²) in [6, 6.07) is 8.12. The molecule has 1 atom stereocenters. The molecule has 0 aromatic heterocycles. The molecule has 1 aromatic carbocycles. The highest BCUT2D eigenvalue weighted by atomic mass is 16.3. The zero-order valence-electron chi connectivity index (χ0n) is 11.8. The van der Waals surface area contributed by atoms with Gasteiger partial charge in [0, 0.05) is 5.41 Å². The first-order valence-corrected chi connectivity index (χ1v) is 6.87. The SMILES string of the molecule is CCCC(C)CC(CO)(CO)c1cccc(C)c1. The van der Waals surface area contributed by atoms with Crippen molar-refractivity contribution >= 4 is 0 Å². The zero-order valence-corrected chi connectivity index (χ0v) is 11.8. The Labute approximate surface area is 111 Å². The zero-order chi connectivity index (χ0) is 13.6. The number of benzene rings is 1. The van der Waals surface area contributed by atoms with Crippen molar-refractivity contribution in [1.29, 1.82) is 0 Å². The maximum absolute atomic E-state index is 9.78. The predicted molar refractivity (Wildman–Crippen MR) is 75.7 cm³/mol. The first-order valence-electron chi connectivity index (χ1n) is 6.87. The van der Waals surface area contributed by atoms with Crippen LogP contribution in [0, 0.1) is 12.8 Å². The molecule has 0 radical (unpaired) electrons. The molecule has 0 aliphatic heterocycles. The van der Waals surface area contributed by atoms with E-state index >= 15 is 0 Å². The summed E-state index contributed by atoms with van der Waals surface area (Å²) in [7, 11) is 0. The minimum Gasteiger partial charge on any atom is -0.395 e. The van der Waals surface area contributed by atoms with E-state index in [2.05, 4.69) is 19.9 Å². The van der Waals surface area contributed by atoms with Crippen molar-refractivity contribution in [2.45, 2.75) is 45.4 Å². The fraction of sp³-hybridized carbons (Fsp3) is 0.625. The molecule has 0 amide bonds. The van der Waals surface area contributed by atoms with E-state index in [0.29, 0.717) is 5.92 Å². The van der Waals surface area contributed by atoms with Gasteiger partial charge in [-0.3, -0.25) is 0 Å². The summed E-state index contributed by atoms with van der Waals surface area (Å²) in [6.45, 7) is 6.41. The van der Waals surface area contributed by atoms with Crippen molar-refractivity contribution in [2.75, 3.05) is 13.2 Å². The monoisotopic (exact) mass is 250 g/mol. The van der Waals surface area contributed by atoms with E-state index in [9.17, 15) is 10.2 Å². The van der Waals surface area contributed by atoms with Crippen LogP contribution in [0.2, 0.25) is 0 Å². The van der Waals surface area contributed by atoms with Crippen LogP contribution in [0.4, 0.5) is 0 Å². The molecule has 1 aromatic rings. The van der Waals surface area contributed by atoms with Crippen LogP contribution < -0.4 is 0 Å². The number of rotatable bonds is 7. The molecule has 1 rings (SSSR count). The van der Waals surface area contributed by atoms with Gasteiger partial charge in [0.1, 0.15) is 0 Å². The molecule has 0 aliphatic rings. The molecule has 2 N–H and O–H groups in total. The van der Waals surface area contributed by atoms with E-state index in [1.54, 1.807) is 0 Å². The smallest absolute Gasteiger partial charge is 0.0550 e. The summed E-state index contributed by atoms with van der Waals surface area (Å²) in [5.74, 6) is 0.509. The lowest BCUT2D eigenvalue weighted by atomic mass is 9.74. The Bertz CT molecular complexity index is 356. The molecular weight excluding hydrogens is 224 g/mol. The topological polar surface area (TPSA) is 40.5 Å². The lowest BCUT2D eigenvalue weighted by Crippen LogP contribution is -2.36. The van der Waals surface area contributed by atoms with Gasteiger partial charge < -0.3 is 10.2 Å². The first kappa shape index (κ1) is 15.2. The summed E-state index contributed by atoms with van der Waals surface area (Å²) in [6.07, 6.45) is 3.10. The summed E-state index contributed by atoms with van der Waals surface area (Å²) < 4.78 is 0. The van der Waals surface area contributed by atoms with Gasteiger partial charge in [0.2, 0.25) is 0 Å². The molecule has 2 nitrogen and oxygen atoms in total. The van der Waals surface area contributed by atoms with Gasteiger partial charge >= 0.3 is 0 Å². The van der Waals surface area contributed by atoms with Gasteiger partial charge in [-0.25, -0.2) is 0 Å². The quantitative estimate of drug-likeness (QED) is 0.781. The maximum atomic E-state index is 9.78. The van der Waals surface area contributed by atoms with Crippen molar-refractivity contribution in [3.05, 3.63) is 35.4 Å². The van der Waals surface area contributed by atoms with Crippen LogP contribution in [-0.4, -0.2) is 23.4 Å². The molecule has 0 aliphatic carbocycles. The molecule has 0 heterocycles. The highest BCUT2D eigenvalue weighted by Gasteiger charge is 2.32. The van der Waals surface area contributed by atoms with Crippen LogP contribution in [0.15, 0.2) is 24.3 Å². The molecular formula is C16H26O2. The van der Waals surface area contributed by atoms with Crippen LogP contribution in [0.5, 0.6) is 0 Å². The van der Waals surface area contributed by atoms with Crippen molar-refractivity contribution < 1.29 is 10.2 Å². The van der Waals surface area contributed by atoms with Crippen molar-refractivity contribution in [1.82, 2.24) is 0 Å². The van der Waals surface area contributed by atoms with Crippen LogP contribution in [-0.2, 0) is 5.41 Å². The molecule has 0 spiro atoms. The third kappa shape index (κ3) is 3.56. The van der Waals surface area contributed by atoms with Gasteiger partial charge in [0.25, 0.3) is 0 Å². The van der Waals surface area contributed by atoms with Crippen LogP contribution in [0.1, 0.15) is 44.2 Å². The summed E-state index contributed by atoms with van der Waals surface area (Å²) >= 11 is 0. The third-order valence-electron chi connectivity index (χ3n) is 3.76. The Morgan fingerprint density at radius 1 is 1.22 bits per heavy atom. The lowest BCUT2D eigenvalue weighted by molar-refractivity contribution is 0.0956. The Balaban J connectivity index is 2.99. The normalized spacial score (nSPS) is 13.6. The minimum atomic E-state index is -0.499. The van der Waals surface area contributed by atoms with Gasteiger partial charge in [0.05, 0.1) is 13.2 Å². The average Bonchev–Trinajstić information content (AvgIpc) is 2.36. The van der Waals surface area contributed by atoms with Crippen LogP contribution in [0.25, 0.3) is 0 Å². The van der Waals surface area contributed by atoms with E-state index in [-0.39, 0.29) is 13.2 Å². The minimum absolute atomic E-state index is 0.001000. The van der Waals surface area contributed by atoms with Gasteiger partial charge in [-0.15, -0.1) is 0 Å². The number of aliphatic hydroxyl groups excluding tert-OH is 2. The van der Waals surface area contributed by atoms with Crippen molar-refractivity contribution in [2.24, 2.45) is 5.92 Å². The van der Waals surface area contributed by atoms with E-state index in [1.807, 2.05) is 25.1 Å². The van der Waals surface area contributed by atoms with E-state index in [4.69, 9.17) is 0 Å². The molecule has 1 unspecified atom stereocenters. The van der Waals surface area contributed by atoms with Gasteiger partial charge in [-0.1, -0.05) is 56.5 Å². The van der Waals surface area contributed by atoms with Crippen LogP contribution >= 0.6 is 0 Å². The predicted octanol–water partition coefficient (Wildman–Crippen LogP) is 3.04. The summed E-state index contributed by atoms with van der Waals surface area (Å²) in [4.78, 5) is 0. The molecule has 18 heavy (non-hydrogen) atoms. The number of aliphatic hydroxyl groups is 2. The highest BCUT2D eigenvalue weighted by Crippen LogP contribution is 2.32. The number of aryl methyl sites for hydroxylation is 1. The lowest BCUT2D eigenvalue weighted by Gasteiger charge is -2.33. The molecule has 102 valence electrons. The van der Waals surface area contributed by atoms with Gasteiger partial charge in [-0.05, 0) is 24.8 Å². The third-order valence-corrected chi connectivity index (χ3v) is 3.76. The molecule has 0 saturated heterocycles. The second kappa shape index (κ2) is 6.91. The van der Waals surface area contributed by atoms with Crippen molar-refractivity contribution in [3.8, 4) is 0 Å². The van der Waals surface area contributed by atoms with E-state index in [0.717, 1.165) is 24.8 Å². The number of hydrogen-bond acceptors (Lipinski definition) is 2. The number of hydrogen-bond donors (Lipinski definition) is 2. The maximum Gasteiger partial charge on any atom is 0.0550 e. The fourth-order valence-corrected chi connectivity index (χ4v) is 2.72. The molecule has 0 fully saturated rings. The van der Waals surface area contributed by atoms with E-state index in [1.165, 1.54) is 5.56 Å². The Morgan fingerprint density at radius 2 is 1.89 bits per heavy atom. The first-order chi connectivity index (χ1) is 8.57. The van der Waals surface area contributed by atoms with Gasteiger partial charge in [0.15, 0.2) is 0 Å². The Kier molecular flexibility index (Phi) is 5.83. The van der Waals surface area contributed by atoms with E-state index < -0.39 is 5.41 Å². The van der Waals surface area contributed by atoms with Crippen LogP contribution in [0.3, 0.4) is 0 Å². The molecule has 0 saturated carbocycles. The van der Waals surface area contributed by atoms with Crippen molar-refractivity contribution in [3.63, 3.8) is 0 Å². The Morgan fingerprint density at radius 3 is 2.39 bits per heavy atom. The summed E-state index contributed by atoms with van der Waals surface area (Å²) in [5, 5.41) is 19.6. The largest absolute Gasteiger partial charge is 0.395 e. The second-order valence-electron chi connectivity index (χ2n) is 5.56. The fourth-order valence-electron chi connectivity index (χ4n) is 2.72. The summed E-state index contributed by atoms with van der Waals surface area (Å²) in [5.41, 5.74) is 1.72. The molecule has 2 heteroatoms.